The molecule has 3 aromatic rings. The number of fused-ring (bicyclic) bond motifs is 1. The van der Waals surface area contributed by atoms with Gasteiger partial charge in [-0.25, -0.2) is 4.68 Å². The monoisotopic (exact) mass is 443 g/mol. The maximum absolute atomic E-state index is 13.3. The number of benzene rings is 2. The molecule has 0 unspecified atom stereocenters. The second kappa shape index (κ2) is 8.73. The second-order valence-electron chi connectivity index (χ2n) is 8.84. The second-order valence-corrected chi connectivity index (χ2v) is 8.84. The first-order valence-electron chi connectivity index (χ1n) is 11.6. The third-order valence-electron chi connectivity index (χ3n) is 6.63. The molecular formula is C26H29N5O2. The van der Waals surface area contributed by atoms with Crippen LogP contribution in [0.25, 0.3) is 5.69 Å². The van der Waals surface area contributed by atoms with Crippen molar-refractivity contribution < 1.29 is 9.59 Å². The van der Waals surface area contributed by atoms with Gasteiger partial charge in [0.05, 0.1) is 11.4 Å². The van der Waals surface area contributed by atoms with Crippen molar-refractivity contribution in [3.8, 4) is 5.69 Å². The van der Waals surface area contributed by atoms with E-state index >= 15 is 0 Å². The topological polar surface area (TPSA) is 70.5 Å². The van der Waals surface area contributed by atoms with Crippen LogP contribution < -0.4 is 15.1 Å². The van der Waals surface area contributed by atoms with Crippen molar-refractivity contribution in [3.05, 3.63) is 65.9 Å². The predicted octanol–water partition coefficient (Wildman–Crippen LogP) is 3.94. The standard InChI is InChI=1S/C26H29N5O2/c1-18-24(27-19(2)32)25(31(28-18)22-9-4-3-5-10-22)29-15-12-21(13-16-29)26(33)30-17-14-20-8-6-7-11-23(20)30/h3-11,21H,12-17H2,1-2H3,(H,27,32). The number of hydrogen-bond acceptors (Lipinski definition) is 4. The first kappa shape index (κ1) is 21.2. The molecule has 2 aromatic carbocycles. The molecule has 0 radical (unpaired) electrons. The smallest absolute Gasteiger partial charge is 0.230 e. The summed E-state index contributed by atoms with van der Waals surface area (Å²) in [6.07, 6.45) is 2.47. The molecule has 0 saturated carbocycles. The number of carbonyl (C=O) groups is 2. The van der Waals surface area contributed by atoms with Gasteiger partial charge in [0.15, 0.2) is 5.82 Å². The van der Waals surface area contributed by atoms with E-state index in [1.54, 1.807) is 0 Å². The van der Waals surface area contributed by atoms with Crippen LogP contribution in [0.2, 0.25) is 0 Å². The fraction of sp³-hybridized carbons (Fsp3) is 0.346. The van der Waals surface area contributed by atoms with Gasteiger partial charge >= 0.3 is 0 Å². The van der Waals surface area contributed by atoms with Crippen LogP contribution >= 0.6 is 0 Å². The van der Waals surface area contributed by atoms with Crippen LogP contribution in [0.15, 0.2) is 54.6 Å². The zero-order chi connectivity index (χ0) is 22.9. The lowest BCUT2D eigenvalue weighted by Gasteiger charge is -2.35. The predicted molar refractivity (Wildman–Crippen MR) is 130 cm³/mol. The molecule has 1 aromatic heterocycles. The quantitative estimate of drug-likeness (QED) is 0.663. The van der Waals surface area contributed by atoms with Crippen LogP contribution in [0.1, 0.15) is 31.0 Å². The summed E-state index contributed by atoms with van der Waals surface area (Å²) in [6, 6.07) is 18.2. The summed E-state index contributed by atoms with van der Waals surface area (Å²) < 4.78 is 1.90. The number of nitrogens with one attached hydrogen (secondary N) is 1. The maximum Gasteiger partial charge on any atom is 0.230 e. The Morgan fingerprint density at radius 2 is 1.67 bits per heavy atom. The number of anilines is 3. The largest absolute Gasteiger partial charge is 0.355 e. The highest BCUT2D eigenvalue weighted by atomic mass is 16.2. The number of piperidine rings is 1. The zero-order valence-electron chi connectivity index (χ0n) is 19.1. The van der Waals surface area contributed by atoms with Gasteiger partial charge in [0.2, 0.25) is 11.8 Å². The Labute approximate surface area is 194 Å². The molecule has 7 heteroatoms. The highest BCUT2D eigenvalue weighted by Gasteiger charge is 2.34. The average molecular weight is 444 g/mol. The van der Waals surface area contributed by atoms with Crippen molar-refractivity contribution >= 4 is 29.0 Å². The molecule has 0 spiro atoms. The maximum atomic E-state index is 13.3. The van der Waals surface area contributed by atoms with Gasteiger partial charge in [0.25, 0.3) is 0 Å². The zero-order valence-corrected chi connectivity index (χ0v) is 19.1. The molecule has 2 aliphatic heterocycles. The van der Waals surface area contributed by atoms with Crippen LogP contribution in [0.4, 0.5) is 17.2 Å². The molecule has 2 aliphatic rings. The Morgan fingerprint density at radius 1 is 0.970 bits per heavy atom. The van der Waals surface area contributed by atoms with Gasteiger partial charge in [-0.3, -0.25) is 9.59 Å². The minimum atomic E-state index is -0.121. The molecule has 2 amide bonds. The molecule has 0 bridgehead atoms. The number of para-hydroxylation sites is 2. The van der Waals surface area contributed by atoms with Gasteiger partial charge in [-0.2, -0.15) is 5.10 Å². The Balaban J connectivity index is 1.38. The van der Waals surface area contributed by atoms with E-state index in [1.807, 2.05) is 59.0 Å². The highest BCUT2D eigenvalue weighted by molar-refractivity contribution is 5.97. The summed E-state index contributed by atoms with van der Waals surface area (Å²) in [5.41, 5.74) is 4.78. The number of amides is 2. The normalized spacial score (nSPS) is 16.1. The summed E-state index contributed by atoms with van der Waals surface area (Å²) in [5, 5.41) is 7.72. The molecule has 1 saturated heterocycles. The Hall–Kier alpha value is -3.61. The minimum absolute atomic E-state index is 0.00539. The lowest BCUT2D eigenvalue weighted by atomic mass is 9.95. The molecule has 0 aliphatic carbocycles. The molecule has 33 heavy (non-hydrogen) atoms. The molecule has 3 heterocycles. The molecular weight excluding hydrogens is 414 g/mol. The van der Waals surface area contributed by atoms with Crippen LogP contribution in [0.5, 0.6) is 0 Å². The van der Waals surface area contributed by atoms with Crippen molar-refractivity contribution in [3.63, 3.8) is 0 Å². The van der Waals surface area contributed by atoms with Crippen LogP contribution in [0.3, 0.4) is 0 Å². The first-order valence-corrected chi connectivity index (χ1v) is 11.6. The van der Waals surface area contributed by atoms with Gasteiger partial charge in [-0.15, -0.1) is 0 Å². The van der Waals surface area contributed by atoms with E-state index in [4.69, 9.17) is 5.10 Å². The highest BCUT2D eigenvalue weighted by Crippen LogP contribution is 2.36. The van der Waals surface area contributed by atoms with E-state index in [0.717, 1.165) is 67.5 Å². The Morgan fingerprint density at radius 3 is 2.39 bits per heavy atom. The van der Waals surface area contributed by atoms with E-state index < -0.39 is 0 Å². The van der Waals surface area contributed by atoms with Gasteiger partial charge in [-0.05, 0) is 49.9 Å². The summed E-state index contributed by atoms with van der Waals surface area (Å²) >= 11 is 0. The third kappa shape index (κ3) is 3.99. The number of aromatic nitrogens is 2. The molecule has 5 rings (SSSR count). The Kier molecular flexibility index (Phi) is 5.62. The van der Waals surface area contributed by atoms with Crippen molar-refractivity contribution in [1.29, 1.82) is 0 Å². The SMILES string of the molecule is CC(=O)Nc1c(C)nn(-c2ccccc2)c1N1CCC(C(=O)N2CCc3ccccc32)CC1. The third-order valence-corrected chi connectivity index (χ3v) is 6.63. The minimum Gasteiger partial charge on any atom is -0.355 e. The summed E-state index contributed by atoms with van der Waals surface area (Å²) in [4.78, 5) is 29.5. The molecule has 1 N–H and O–H groups in total. The Bertz CT molecular complexity index is 1180. The number of aryl methyl sites for hydroxylation is 1. The fourth-order valence-electron chi connectivity index (χ4n) is 5.00. The molecule has 0 atom stereocenters. The van der Waals surface area contributed by atoms with Gasteiger partial charge in [0.1, 0.15) is 5.69 Å². The molecule has 1 fully saturated rings. The first-order chi connectivity index (χ1) is 16.0. The van der Waals surface area contributed by atoms with E-state index in [-0.39, 0.29) is 17.7 Å². The van der Waals surface area contributed by atoms with Crippen LogP contribution in [-0.4, -0.2) is 41.2 Å². The number of nitrogens with zero attached hydrogens (tertiary/aromatic N) is 4. The van der Waals surface area contributed by atoms with Gasteiger partial charge in [0, 0.05) is 38.2 Å². The summed E-state index contributed by atoms with van der Waals surface area (Å²) in [7, 11) is 0. The number of hydrogen-bond donors (Lipinski definition) is 1. The lowest BCUT2D eigenvalue weighted by molar-refractivity contribution is -0.122. The van der Waals surface area contributed by atoms with E-state index in [9.17, 15) is 9.59 Å². The summed E-state index contributed by atoms with van der Waals surface area (Å²) in [5.74, 6) is 0.997. The van der Waals surface area contributed by atoms with E-state index in [2.05, 4.69) is 22.3 Å². The van der Waals surface area contributed by atoms with Gasteiger partial charge < -0.3 is 15.1 Å². The lowest BCUT2D eigenvalue weighted by Crippen LogP contribution is -2.43. The van der Waals surface area contributed by atoms with Crippen LogP contribution in [-0.2, 0) is 16.0 Å². The van der Waals surface area contributed by atoms with Crippen LogP contribution in [0, 0.1) is 12.8 Å². The average Bonchev–Trinajstić information content (AvgIpc) is 3.40. The molecule has 7 nitrogen and oxygen atoms in total. The van der Waals surface area contributed by atoms with E-state index in [0.29, 0.717) is 0 Å². The van der Waals surface area contributed by atoms with E-state index in [1.165, 1.54) is 12.5 Å². The van der Waals surface area contributed by atoms with Crippen molar-refractivity contribution in [1.82, 2.24) is 9.78 Å². The summed E-state index contributed by atoms with van der Waals surface area (Å²) in [6.45, 7) is 5.66. The number of carbonyl (C=O) groups excluding carboxylic acids is 2. The fourth-order valence-corrected chi connectivity index (χ4v) is 5.00. The van der Waals surface area contributed by atoms with Crippen molar-refractivity contribution in [2.24, 2.45) is 5.92 Å². The van der Waals surface area contributed by atoms with Gasteiger partial charge in [-0.1, -0.05) is 36.4 Å². The molecule has 170 valence electrons. The van der Waals surface area contributed by atoms with Crippen molar-refractivity contribution in [2.45, 2.75) is 33.1 Å². The van der Waals surface area contributed by atoms with Crippen molar-refractivity contribution in [2.75, 3.05) is 34.8 Å². The number of rotatable bonds is 4.